The molecule has 0 saturated heterocycles. The highest BCUT2D eigenvalue weighted by Crippen LogP contribution is 2.38. The summed E-state index contributed by atoms with van der Waals surface area (Å²) in [6.45, 7) is 5.20. The van der Waals surface area contributed by atoms with E-state index in [2.05, 4.69) is 0 Å². The van der Waals surface area contributed by atoms with E-state index in [0.29, 0.717) is 18.6 Å². The van der Waals surface area contributed by atoms with Crippen molar-refractivity contribution < 1.29 is 18.3 Å². The molecule has 0 spiro atoms. The van der Waals surface area contributed by atoms with E-state index in [-0.39, 0.29) is 0 Å². The second kappa shape index (κ2) is 4.45. The molecule has 1 rings (SSSR count). The van der Waals surface area contributed by atoms with Gasteiger partial charge in [0.25, 0.3) is 0 Å². The Hall–Kier alpha value is -1.03. The summed E-state index contributed by atoms with van der Waals surface area (Å²) >= 11 is 0. The summed E-state index contributed by atoms with van der Waals surface area (Å²) in [6.07, 6.45) is -0.747. The third kappa shape index (κ3) is 2.38. The van der Waals surface area contributed by atoms with E-state index in [1.54, 1.807) is 13.8 Å². The van der Waals surface area contributed by atoms with Gasteiger partial charge in [-0.1, -0.05) is 20.8 Å². The first kappa shape index (κ1) is 13.0. The van der Waals surface area contributed by atoms with Crippen molar-refractivity contribution in [3.05, 3.63) is 35.1 Å². The van der Waals surface area contributed by atoms with Crippen LogP contribution in [-0.4, -0.2) is 5.11 Å². The van der Waals surface area contributed by atoms with Gasteiger partial charge < -0.3 is 5.11 Å². The predicted molar refractivity (Wildman–Crippen MR) is 55.3 cm³/mol. The normalized spacial score (nSPS) is 13.9. The maximum Gasteiger partial charge on any atom is 0.134 e. The molecular formula is C12H15F3O. The fraction of sp³-hybridized carbons (Fsp3) is 0.500. The van der Waals surface area contributed by atoms with Crippen molar-refractivity contribution in [2.24, 2.45) is 5.41 Å². The smallest absolute Gasteiger partial charge is 0.134 e. The SMILES string of the molecule is CCC(C)(C)C(O)c1c(F)cc(F)cc1F. The van der Waals surface area contributed by atoms with Crippen molar-refractivity contribution >= 4 is 0 Å². The Labute approximate surface area is 92.9 Å². The van der Waals surface area contributed by atoms with Crippen LogP contribution in [0, 0.1) is 22.9 Å². The summed E-state index contributed by atoms with van der Waals surface area (Å²) in [7, 11) is 0. The summed E-state index contributed by atoms with van der Waals surface area (Å²) in [5.41, 5.74) is -1.13. The molecule has 0 bridgehead atoms. The largest absolute Gasteiger partial charge is 0.388 e. The molecule has 0 amide bonds. The minimum absolute atomic E-state index is 0.465. The molecule has 0 radical (unpaired) electrons. The van der Waals surface area contributed by atoms with Gasteiger partial charge in [-0.15, -0.1) is 0 Å². The van der Waals surface area contributed by atoms with Gasteiger partial charge in [-0.3, -0.25) is 0 Å². The van der Waals surface area contributed by atoms with Gasteiger partial charge in [-0.05, 0) is 11.8 Å². The zero-order valence-electron chi connectivity index (χ0n) is 9.52. The Balaban J connectivity index is 3.24. The molecule has 0 aliphatic heterocycles. The Morgan fingerprint density at radius 2 is 1.62 bits per heavy atom. The molecule has 1 aromatic rings. The van der Waals surface area contributed by atoms with Crippen LogP contribution >= 0.6 is 0 Å². The topological polar surface area (TPSA) is 20.2 Å². The molecule has 4 heteroatoms. The summed E-state index contributed by atoms with van der Waals surface area (Å²) in [5.74, 6) is -3.08. The molecule has 1 nitrogen and oxygen atoms in total. The molecule has 0 fully saturated rings. The second-order valence-corrected chi connectivity index (χ2v) is 4.53. The lowest BCUT2D eigenvalue weighted by Crippen LogP contribution is -2.23. The van der Waals surface area contributed by atoms with Gasteiger partial charge in [0.15, 0.2) is 0 Å². The lowest BCUT2D eigenvalue weighted by atomic mass is 9.80. The van der Waals surface area contributed by atoms with E-state index < -0.39 is 34.5 Å². The van der Waals surface area contributed by atoms with Crippen LogP contribution in [0.4, 0.5) is 13.2 Å². The molecule has 90 valence electrons. The third-order valence-corrected chi connectivity index (χ3v) is 2.97. The quantitative estimate of drug-likeness (QED) is 0.844. The molecule has 0 aliphatic rings. The number of hydrogen-bond donors (Lipinski definition) is 1. The summed E-state index contributed by atoms with van der Waals surface area (Å²) in [4.78, 5) is 0. The predicted octanol–water partition coefficient (Wildman–Crippen LogP) is 3.57. The molecule has 0 heterocycles. The molecule has 1 N–H and O–H groups in total. The number of hydrogen-bond acceptors (Lipinski definition) is 1. The van der Waals surface area contributed by atoms with Gasteiger partial charge in [0.1, 0.15) is 17.5 Å². The summed E-state index contributed by atoms with van der Waals surface area (Å²) in [5, 5.41) is 9.90. The monoisotopic (exact) mass is 232 g/mol. The fourth-order valence-electron chi connectivity index (χ4n) is 1.40. The maximum atomic E-state index is 13.4. The first-order valence-corrected chi connectivity index (χ1v) is 5.12. The average molecular weight is 232 g/mol. The average Bonchev–Trinajstić information content (AvgIpc) is 2.15. The van der Waals surface area contributed by atoms with Crippen LogP contribution in [0.3, 0.4) is 0 Å². The van der Waals surface area contributed by atoms with E-state index in [1.165, 1.54) is 0 Å². The first-order valence-electron chi connectivity index (χ1n) is 5.12. The second-order valence-electron chi connectivity index (χ2n) is 4.53. The van der Waals surface area contributed by atoms with Crippen LogP contribution in [0.5, 0.6) is 0 Å². The van der Waals surface area contributed by atoms with Gasteiger partial charge in [0, 0.05) is 12.1 Å². The summed E-state index contributed by atoms with van der Waals surface area (Å²) in [6, 6.07) is 1.15. The van der Waals surface area contributed by atoms with E-state index >= 15 is 0 Å². The minimum Gasteiger partial charge on any atom is -0.388 e. The number of aliphatic hydroxyl groups excluding tert-OH is 1. The van der Waals surface area contributed by atoms with Gasteiger partial charge in [-0.25, -0.2) is 13.2 Å². The Morgan fingerprint density at radius 3 is 2.00 bits per heavy atom. The number of halogens is 3. The first-order chi connectivity index (χ1) is 7.29. The number of benzene rings is 1. The Bertz CT molecular complexity index is 365. The fourth-order valence-corrected chi connectivity index (χ4v) is 1.40. The maximum absolute atomic E-state index is 13.4. The standard InChI is InChI=1S/C12H15F3O/c1-4-12(2,3)11(16)10-8(14)5-7(13)6-9(10)15/h5-6,11,16H,4H2,1-3H3. The van der Waals surface area contributed by atoms with Gasteiger partial charge >= 0.3 is 0 Å². The number of rotatable bonds is 3. The van der Waals surface area contributed by atoms with E-state index in [0.717, 1.165) is 0 Å². The van der Waals surface area contributed by atoms with E-state index in [9.17, 15) is 18.3 Å². The number of aliphatic hydroxyl groups is 1. The van der Waals surface area contributed by atoms with Crippen LogP contribution in [0.25, 0.3) is 0 Å². The molecular weight excluding hydrogens is 217 g/mol. The highest BCUT2D eigenvalue weighted by molar-refractivity contribution is 5.24. The Kier molecular flexibility index (Phi) is 3.63. The van der Waals surface area contributed by atoms with Crippen molar-refractivity contribution in [1.29, 1.82) is 0 Å². The van der Waals surface area contributed by atoms with Crippen molar-refractivity contribution in [3.8, 4) is 0 Å². The van der Waals surface area contributed by atoms with Gasteiger partial charge in [0.05, 0.1) is 11.7 Å². The summed E-state index contributed by atoms with van der Waals surface area (Å²) < 4.78 is 39.5. The van der Waals surface area contributed by atoms with Crippen LogP contribution in [0.1, 0.15) is 38.9 Å². The molecule has 1 aromatic carbocycles. The third-order valence-electron chi connectivity index (χ3n) is 2.97. The molecule has 1 unspecified atom stereocenters. The zero-order valence-corrected chi connectivity index (χ0v) is 9.52. The molecule has 0 saturated carbocycles. The lowest BCUT2D eigenvalue weighted by molar-refractivity contribution is 0.0403. The highest BCUT2D eigenvalue weighted by atomic mass is 19.1. The molecule has 1 atom stereocenters. The zero-order chi connectivity index (χ0) is 12.5. The Morgan fingerprint density at radius 1 is 1.19 bits per heavy atom. The van der Waals surface area contributed by atoms with E-state index in [1.807, 2.05) is 6.92 Å². The minimum atomic E-state index is -1.29. The molecule has 16 heavy (non-hydrogen) atoms. The van der Waals surface area contributed by atoms with Crippen molar-refractivity contribution in [3.63, 3.8) is 0 Å². The van der Waals surface area contributed by atoms with Crippen LogP contribution in [0.15, 0.2) is 12.1 Å². The molecule has 0 aromatic heterocycles. The van der Waals surface area contributed by atoms with Gasteiger partial charge in [-0.2, -0.15) is 0 Å². The lowest BCUT2D eigenvalue weighted by Gasteiger charge is -2.29. The van der Waals surface area contributed by atoms with Crippen LogP contribution in [-0.2, 0) is 0 Å². The van der Waals surface area contributed by atoms with Crippen LogP contribution in [0.2, 0.25) is 0 Å². The van der Waals surface area contributed by atoms with Crippen molar-refractivity contribution in [2.45, 2.75) is 33.3 Å². The molecule has 0 aliphatic carbocycles. The van der Waals surface area contributed by atoms with Crippen LogP contribution < -0.4 is 0 Å². The van der Waals surface area contributed by atoms with Crippen molar-refractivity contribution in [2.75, 3.05) is 0 Å². The van der Waals surface area contributed by atoms with Crippen molar-refractivity contribution in [1.82, 2.24) is 0 Å². The van der Waals surface area contributed by atoms with E-state index in [4.69, 9.17) is 0 Å². The highest BCUT2D eigenvalue weighted by Gasteiger charge is 2.32. The van der Waals surface area contributed by atoms with Gasteiger partial charge in [0.2, 0.25) is 0 Å².